The van der Waals surface area contributed by atoms with Crippen molar-refractivity contribution in [2.75, 3.05) is 24.2 Å². The van der Waals surface area contributed by atoms with Gasteiger partial charge >= 0.3 is 0 Å². The average molecular weight is 179 g/mol. The Labute approximate surface area is 79.6 Å². The van der Waals surface area contributed by atoms with Crippen LogP contribution in [0.15, 0.2) is 18.3 Å². The second-order valence-corrected chi connectivity index (χ2v) is 2.96. The lowest BCUT2D eigenvalue weighted by Gasteiger charge is -2.05. The van der Waals surface area contributed by atoms with Crippen molar-refractivity contribution in [3.05, 3.63) is 18.3 Å². The van der Waals surface area contributed by atoms with E-state index in [4.69, 9.17) is 0 Å². The van der Waals surface area contributed by atoms with E-state index in [1.54, 1.807) is 6.20 Å². The van der Waals surface area contributed by atoms with E-state index >= 15 is 0 Å². The summed E-state index contributed by atoms with van der Waals surface area (Å²) in [7, 11) is 1.91. The minimum absolute atomic E-state index is 0.945. The van der Waals surface area contributed by atoms with Crippen LogP contribution in [0.3, 0.4) is 0 Å². The first kappa shape index (κ1) is 9.84. The first-order valence-corrected chi connectivity index (χ1v) is 4.74. The average Bonchev–Trinajstić information content (AvgIpc) is 2.19. The van der Waals surface area contributed by atoms with Crippen molar-refractivity contribution < 1.29 is 0 Å². The van der Waals surface area contributed by atoms with E-state index in [0.717, 1.165) is 18.1 Å². The molecule has 0 saturated carbocycles. The molecule has 0 spiro atoms. The summed E-state index contributed by atoms with van der Waals surface area (Å²) in [5, 5.41) is 6.35. The molecule has 0 saturated heterocycles. The molecular weight excluding hydrogens is 162 g/mol. The van der Waals surface area contributed by atoms with Gasteiger partial charge in [0.15, 0.2) is 0 Å². The van der Waals surface area contributed by atoms with E-state index in [1.165, 1.54) is 12.8 Å². The van der Waals surface area contributed by atoms with Crippen molar-refractivity contribution in [3.8, 4) is 0 Å². The third-order valence-corrected chi connectivity index (χ3v) is 1.89. The lowest BCUT2D eigenvalue weighted by atomic mass is 10.3. The van der Waals surface area contributed by atoms with Crippen LogP contribution in [0.25, 0.3) is 0 Å². The fraction of sp³-hybridized carbons (Fsp3) is 0.500. The standard InChI is InChI=1S/C10H17N3/c1-3-4-6-12-10-8-9(11-2)5-7-13-10/h5,7-8H,3-4,6H2,1-2H3,(H2,11,12,13). The summed E-state index contributed by atoms with van der Waals surface area (Å²) in [5.74, 6) is 0.945. The van der Waals surface area contributed by atoms with E-state index < -0.39 is 0 Å². The number of nitrogens with one attached hydrogen (secondary N) is 2. The monoisotopic (exact) mass is 179 g/mol. The number of unbranched alkanes of at least 4 members (excludes halogenated alkanes) is 1. The summed E-state index contributed by atoms with van der Waals surface area (Å²) < 4.78 is 0. The van der Waals surface area contributed by atoms with Gasteiger partial charge in [-0.3, -0.25) is 0 Å². The minimum atomic E-state index is 0.945. The van der Waals surface area contributed by atoms with Crippen molar-refractivity contribution in [2.45, 2.75) is 19.8 Å². The predicted molar refractivity (Wildman–Crippen MR) is 57.2 cm³/mol. The molecule has 0 radical (unpaired) electrons. The second kappa shape index (κ2) is 5.41. The summed E-state index contributed by atoms with van der Waals surface area (Å²) in [6.45, 7) is 3.18. The lowest BCUT2D eigenvalue weighted by molar-refractivity contribution is 0.831. The number of rotatable bonds is 5. The first-order chi connectivity index (χ1) is 6.36. The Bertz CT molecular complexity index is 248. The summed E-state index contributed by atoms with van der Waals surface area (Å²) in [6.07, 6.45) is 4.20. The number of pyridine rings is 1. The Morgan fingerprint density at radius 1 is 1.46 bits per heavy atom. The van der Waals surface area contributed by atoms with Crippen LogP contribution in [0.1, 0.15) is 19.8 Å². The van der Waals surface area contributed by atoms with Gasteiger partial charge in [-0.15, -0.1) is 0 Å². The molecule has 1 rings (SSSR count). The summed E-state index contributed by atoms with van der Waals surface area (Å²) in [6, 6.07) is 3.96. The number of hydrogen-bond donors (Lipinski definition) is 2. The Morgan fingerprint density at radius 3 is 3.00 bits per heavy atom. The molecule has 72 valence electrons. The molecule has 1 aromatic rings. The van der Waals surface area contributed by atoms with Crippen molar-refractivity contribution >= 4 is 11.5 Å². The molecule has 0 fully saturated rings. The molecule has 0 unspecified atom stereocenters. The molecule has 2 N–H and O–H groups in total. The van der Waals surface area contributed by atoms with E-state index in [1.807, 2.05) is 19.2 Å². The minimum Gasteiger partial charge on any atom is -0.388 e. The van der Waals surface area contributed by atoms with Gasteiger partial charge in [0.25, 0.3) is 0 Å². The van der Waals surface area contributed by atoms with Gasteiger partial charge in [0.1, 0.15) is 5.82 Å². The van der Waals surface area contributed by atoms with Crippen molar-refractivity contribution in [2.24, 2.45) is 0 Å². The maximum Gasteiger partial charge on any atom is 0.127 e. The Hall–Kier alpha value is -1.25. The molecule has 0 aromatic carbocycles. The van der Waals surface area contributed by atoms with E-state index in [2.05, 4.69) is 22.5 Å². The Morgan fingerprint density at radius 2 is 2.31 bits per heavy atom. The molecule has 0 bridgehead atoms. The predicted octanol–water partition coefficient (Wildman–Crippen LogP) is 2.34. The summed E-state index contributed by atoms with van der Waals surface area (Å²) in [4.78, 5) is 4.21. The van der Waals surface area contributed by atoms with Crippen molar-refractivity contribution in [1.29, 1.82) is 0 Å². The van der Waals surface area contributed by atoms with Crippen LogP contribution in [0.4, 0.5) is 11.5 Å². The van der Waals surface area contributed by atoms with Crippen LogP contribution in [-0.2, 0) is 0 Å². The fourth-order valence-corrected chi connectivity index (χ4v) is 1.08. The summed E-state index contributed by atoms with van der Waals surface area (Å²) in [5.41, 5.74) is 1.09. The quantitative estimate of drug-likeness (QED) is 0.681. The normalized spacial score (nSPS) is 9.69. The van der Waals surface area contributed by atoms with Gasteiger partial charge < -0.3 is 10.6 Å². The molecule has 1 heterocycles. The van der Waals surface area contributed by atoms with Gasteiger partial charge in [-0.2, -0.15) is 0 Å². The largest absolute Gasteiger partial charge is 0.388 e. The first-order valence-electron chi connectivity index (χ1n) is 4.74. The van der Waals surface area contributed by atoms with Gasteiger partial charge in [0.2, 0.25) is 0 Å². The van der Waals surface area contributed by atoms with Crippen molar-refractivity contribution in [1.82, 2.24) is 4.98 Å². The number of aromatic nitrogens is 1. The maximum absolute atomic E-state index is 4.21. The van der Waals surface area contributed by atoms with Gasteiger partial charge in [0, 0.05) is 31.5 Å². The number of anilines is 2. The van der Waals surface area contributed by atoms with Crippen LogP contribution in [0.2, 0.25) is 0 Å². The highest BCUT2D eigenvalue weighted by molar-refractivity contribution is 5.51. The molecule has 13 heavy (non-hydrogen) atoms. The number of hydrogen-bond acceptors (Lipinski definition) is 3. The zero-order valence-electron chi connectivity index (χ0n) is 8.30. The van der Waals surface area contributed by atoms with Crippen LogP contribution in [0.5, 0.6) is 0 Å². The van der Waals surface area contributed by atoms with E-state index in [9.17, 15) is 0 Å². The summed E-state index contributed by atoms with van der Waals surface area (Å²) >= 11 is 0. The molecule has 0 aliphatic carbocycles. The van der Waals surface area contributed by atoms with Gasteiger partial charge in [0.05, 0.1) is 0 Å². The van der Waals surface area contributed by atoms with Crippen LogP contribution < -0.4 is 10.6 Å². The third-order valence-electron chi connectivity index (χ3n) is 1.89. The highest BCUT2D eigenvalue weighted by atomic mass is 15.0. The van der Waals surface area contributed by atoms with Crippen molar-refractivity contribution in [3.63, 3.8) is 0 Å². The third kappa shape index (κ3) is 3.32. The SMILES string of the molecule is CCCCNc1cc(NC)ccn1. The fourth-order valence-electron chi connectivity index (χ4n) is 1.08. The lowest BCUT2D eigenvalue weighted by Crippen LogP contribution is -2.03. The molecule has 0 aliphatic heterocycles. The molecule has 0 atom stereocenters. The maximum atomic E-state index is 4.21. The smallest absolute Gasteiger partial charge is 0.127 e. The molecule has 0 amide bonds. The number of nitrogens with zero attached hydrogens (tertiary/aromatic N) is 1. The van der Waals surface area contributed by atoms with Crippen LogP contribution >= 0.6 is 0 Å². The highest BCUT2D eigenvalue weighted by Gasteiger charge is 1.93. The molecule has 3 heteroatoms. The molecule has 1 aromatic heterocycles. The highest BCUT2D eigenvalue weighted by Crippen LogP contribution is 2.10. The molecular formula is C10H17N3. The van der Waals surface area contributed by atoms with Gasteiger partial charge in [-0.1, -0.05) is 13.3 Å². The topological polar surface area (TPSA) is 37.0 Å². The van der Waals surface area contributed by atoms with E-state index in [0.29, 0.717) is 0 Å². The zero-order valence-corrected chi connectivity index (χ0v) is 8.30. The Balaban J connectivity index is 2.46. The second-order valence-electron chi connectivity index (χ2n) is 2.96. The van der Waals surface area contributed by atoms with Gasteiger partial charge in [-0.05, 0) is 12.5 Å². The van der Waals surface area contributed by atoms with Gasteiger partial charge in [-0.25, -0.2) is 4.98 Å². The van der Waals surface area contributed by atoms with Crippen LogP contribution in [-0.4, -0.2) is 18.6 Å². The zero-order chi connectivity index (χ0) is 9.52. The van der Waals surface area contributed by atoms with E-state index in [-0.39, 0.29) is 0 Å². The Kier molecular flexibility index (Phi) is 4.09. The molecule has 3 nitrogen and oxygen atoms in total. The van der Waals surface area contributed by atoms with Crippen LogP contribution in [0, 0.1) is 0 Å². The molecule has 0 aliphatic rings.